The van der Waals surface area contributed by atoms with E-state index in [0.29, 0.717) is 11.3 Å². The maximum atomic E-state index is 12.9. The Hall–Kier alpha value is -3.93. The van der Waals surface area contributed by atoms with Crippen LogP contribution in [0.3, 0.4) is 0 Å². The van der Waals surface area contributed by atoms with Crippen LogP contribution in [-0.4, -0.2) is 30.1 Å². The SMILES string of the molecule is [C-]#[N+]c1ccc(CC(=O)[C@@](C)(O)CN(C)c2ccc(C#N)c(-c3ccccc3)c2)cc1C. The first-order chi connectivity index (χ1) is 15.2. The maximum absolute atomic E-state index is 12.9. The molecule has 0 bridgehead atoms. The molecule has 32 heavy (non-hydrogen) atoms. The van der Waals surface area contributed by atoms with Crippen molar-refractivity contribution in [2.24, 2.45) is 0 Å². The lowest BCUT2D eigenvalue weighted by atomic mass is 9.93. The lowest BCUT2D eigenvalue weighted by Crippen LogP contribution is -2.46. The highest BCUT2D eigenvalue weighted by molar-refractivity contribution is 5.89. The summed E-state index contributed by atoms with van der Waals surface area (Å²) in [5.41, 5.74) is 3.67. The van der Waals surface area contributed by atoms with Crippen molar-refractivity contribution in [2.45, 2.75) is 25.9 Å². The highest BCUT2D eigenvalue weighted by Crippen LogP contribution is 2.29. The summed E-state index contributed by atoms with van der Waals surface area (Å²) in [7, 11) is 1.81. The zero-order valence-corrected chi connectivity index (χ0v) is 18.5. The molecule has 0 fully saturated rings. The van der Waals surface area contributed by atoms with Crippen molar-refractivity contribution in [1.29, 1.82) is 5.26 Å². The van der Waals surface area contributed by atoms with Gasteiger partial charge in [0.15, 0.2) is 11.5 Å². The quantitative estimate of drug-likeness (QED) is 0.538. The van der Waals surface area contributed by atoms with Crippen molar-refractivity contribution < 1.29 is 9.90 Å². The van der Waals surface area contributed by atoms with E-state index >= 15 is 0 Å². The number of anilines is 1. The molecule has 0 saturated carbocycles. The van der Waals surface area contributed by atoms with Gasteiger partial charge >= 0.3 is 0 Å². The number of hydrogen-bond donors (Lipinski definition) is 1. The molecular weight excluding hydrogens is 398 g/mol. The first-order valence-electron chi connectivity index (χ1n) is 10.3. The van der Waals surface area contributed by atoms with Gasteiger partial charge in [-0.2, -0.15) is 5.26 Å². The van der Waals surface area contributed by atoms with Gasteiger partial charge in [0.1, 0.15) is 5.60 Å². The average Bonchev–Trinajstić information content (AvgIpc) is 2.79. The molecule has 0 heterocycles. The summed E-state index contributed by atoms with van der Waals surface area (Å²) in [5.74, 6) is -0.295. The Kier molecular flexibility index (Phi) is 6.73. The molecule has 0 aliphatic carbocycles. The second kappa shape index (κ2) is 9.47. The number of ketones is 1. The van der Waals surface area contributed by atoms with Gasteiger partial charge in [-0.15, -0.1) is 0 Å². The Morgan fingerprint density at radius 3 is 2.50 bits per heavy atom. The van der Waals surface area contributed by atoms with Crippen LogP contribution < -0.4 is 4.90 Å². The van der Waals surface area contributed by atoms with E-state index in [4.69, 9.17) is 6.57 Å². The number of hydrogen-bond acceptors (Lipinski definition) is 4. The van der Waals surface area contributed by atoms with Crippen molar-refractivity contribution in [3.8, 4) is 17.2 Å². The second-order valence-electron chi connectivity index (χ2n) is 8.17. The van der Waals surface area contributed by atoms with Crippen LogP contribution in [0.4, 0.5) is 11.4 Å². The Labute approximate surface area is 189 Å². The largest absolute Gasteiger partial charge is 0.380 e. The van der Waals surface area contributed by atoms with Crippen LogP contribution in [0.2, 0.25) is 0 Å². The second-order valence-corrected chi connectivity index (χ2v) is 8.17. The monoisotopic (exact) mass is 423 g/mol. The van der Waals surface area contributed by atoms with Crippen LogP contribution in [-0.2, 0) is 11.2 Å². The highest BCUT2D eigenvalue weighted by atomic mass is 16.3. The summed E-state index contributed by atoms with van der Waals surface area (Å²) >= 11 is 0. The van der Waals surface area contributed by atoms with Crippen LogP contribution in [0, 0.1) is 24.8 Å². The smallest absolute Gasteiger partial charge is 0.190 e. The molecule has 0 aliphatic heterocycles. The van der Waals surface area contributed by atoms with Crippen molar-refractivity contribution in [3.63, 3.8) is 0 Å². The lowest BCUT2D eigenvalue weighted by Gasteiger charge is -2.30. The predicted octanol–water partition coefficient (Wildman–Crippen LogP) is 5.08. The molecule has 5 heteroatoms. The molecule has 0 radical (unpaired) electrons. The molecule has 0 saturated heterocycles. The van der Waals surface area contributed by atoms with E-state index in [1.807, 2.05) is 67.4 Å². The number of Topliss-reactive ketones (excluding diaryl/α,β-unsaturated/α-hetero) is 1. The number of carbonyl (C=O) groups is 1. The molecule has 3 aromatic carbocycles. The third-order valence-electron chi connectivity index (χ3n) is 5.54. The minimum atomic E-state index is -1.57. The van der Waals surface area contributed by atoms with Gasteiger partial charge in [0, 0.05) is 24.7 Å². The Balaban J connectivity index is 1.79. The van der Waals surface area contributed by atoms with Gasteiger partial charge in [-0.1, -0.05) is 48.5 Å². The molecule has 3 rings (SSSR count). The molecule has 160 valence electrons. The molecule has 0 amide bonds. The third-order valence-corrected chi connectivity index (χ3v) is 5.54. The Morgan fingerprint density at radius 2 is 1.88 bits per heavy atom. The summed E-state index contributed by atoms with van der Waals surface area (Å²) in [5, 5.41) is 20.4. The fraction of sp³-hybridized carbons (Fsp3) is 0.222. The molecule has 1 atom stereocenters. The van der Waals surface area contributed by atoms with E-state index in [0.717, 1.165) is 27.9 Å². The topological polar surface area (TPSA) is 68.7 Å². The van der Waals surface area contributed by atoms with Gasteiger partial charge in [-0.25, -0.2) is 4.85 Å². The summed E-state index contributed by atoms with van der Waals surface area (Å²) in [4.78, 5) is 18.1. The molecular formula is C27H25N3O2. The Bertz CT molecular complexity index is 1220. The number of benzene rings is 3. The standard InChI is InChI=1S/C27H25N3O2/c1-19-14-20(10-13-25(19)29-3)15-26(31)27(2,32)18-30(4)23-12-11-22(17-28)24(16-23)21-8-6-5-7-9-21/h5-14,16,32H,15,18H2,1-2,4H3/t27-/m0/s1. The lowest BCUT2D eigenvalue weighted by molar-refractivity contribution is -0.134. The Morgan fingerprint density at radius 1 is 1.16 bits per heavy atom. The molecule has 0 aromatic heterocycles. The van der Waals surface area contributed by atoms with Crippen LogP contribution in [0.5, 0.6) is 0 Å². The van der Waals surface area contributed by atoms with Gasteiger partial charge in [-0.05, 0) is 48.7 Å². The summed E-state index contributed by atoms with van der Waals surface area (Å²) in [6.07, 6.45) is 0.0859. The summed E-state index contributed by atoms with van der Waals surface area (Å²) in [6.45, 7) is 10.6. The number of nitrogens with zero attached hydrogens (tertiary/aromatic N) is 3. The minimum absolute atomic E-state index is 0.0859. The van der Waals surface area contributed by atoms with Crippen molar-refractivity contribution in [2.75, 3.05) is 18.5 Å². The fourth-order valence-corrected chi connectivity index (χ4v) is 3.69. The normalized spacial score (nSPS) is 12.3. The number of aryl methyl sites for hydroxylation is 1. The zero-order valence-electron chi connectivity index (χ0n) is 18.5. The van der Waals surface area contributed by atoms with E-state index in [1.165, 1.54) is 6.92 Å². The number of likely N-dealkylation sites (N-methyl/N-ethyl adjacent to an activating group) is 1. The summed E-state index contributed by atoms with van der Waals surface area (Å²) in [6, 6.07) is 22.6. The van der Waals surface area contributed by atoms with Gasteiger partial charge in [0.05, 0.1) is 24.7 Å². The van der Waals surface area contributed by atoms with Gasteiger partial charge < -0.3 is 10.0 Å². The van der Waals surface area contributed by atoms with E-state index in [2.05, 4.69) is 10.9 Å². The van der Waals surface area contributed by atoms with Gasteiger partial charge in [0.25, 0.3) is 0 Å². The molecule has 1 N–H and O–H groups in total. The number of aliphatic hydroxyl groups is 1. The maximum Gasteiger partial charge on any atom is 0.190 e. The van der Waals surface area contributed by atoms with Crippen LogP contribution >= 0.6 is 0 Å². The fourth-order valence-electron chi connectivity index (χ4n) is 3.69. The average molecular weight is 424 g/mol. The molecule has 0 aliphatic rings. The number of nitriles is 1. The zero-order chi connectivity index (χ0) is 23.3. The first-order valence-corrected chi connectivity index (χ1v) is 10.3. The molecule has 3 aromatic rings. The van der Waals surface area contributed by atoms with E-state index in [1.54, 1.807) is 18.2 Å². The molecule has 5 nitrogen and oxygen atoms in total. The van der Waals surface area contributed by atoms with Crippen LogP contribution in [0.1, 0.15) is 23.6 Å². The van der Waals surface area contributed by atoms with Gasteiger partial charge in [0.2, 0.25) is 0 Å². The summed E-state index contributed by atoms with van der Waals surface area (Å²) < 4.78 is 0. The van der Waals surface area contributed by atoms with Crippen molar-refractivity contribution in [1.82, 2.24) is 0 Å². The highest BCUT2D eigenvalue weighted by Gasteiger charge is 2.31. The van der Waals surface area contributed by atoms with E-state index < -0.39 is 5.60 Å². The van der Waals surface area contributed by atoms with E-state index in [-0.39, 0.29) is 18.7 Å². The van der Waals surface area contributed by atoms with Crippen molar-refractivity contribution >= 4 is 17.2 Å². The van der Waals surface area contributed by atoms with Gasteiger partial charge in [-0.3, -0.25) is 4.79 Å². The predicted molar refractivity (Wildman–Crippen MR) is 127 cm³/mol. The third kappa shape index (κ3) is 5.03. The van der Waals surface area contributed by atoms with E-state index in [9.17, 15) is 15.2 Å². The first kappa shape index (κ1) is 22.7. The molecule has 0 spiro atoms. The van der Waals surface area contributed by atoms with Crippen LogP contribution in [0.25, 0.3) is 16.0 Å². The van der Waals surface area contributed by atoms with Crippen LogP contribution in [0.15, 0.2) is 66.7 Å². The van der Waals surface area contributed by atoms with Crippen molar-refractivity contribution in [3.05, 3.63) is 94.8 Å². The molecule has 0 unspecified atom stereocenters. The number of rotatable bonds is 7. The number of carbonyl (C=O) groups excluding carboxylic acids is 1. The minimum Gasteiger partial charge on any atom is -0.380 e.